The third-order valence-corrected chi connectivity index (χ3v) is 5.81. The Hall–Kier alpha value is -2.19. The molecule has 25 heavy (non-hydrogen) atoms. The van der Waals surface area contributed by atoms with E-state index in [9.17, 15) is 4.39 Å². The highest BCUT2D eigenvalue weighted by Gasteiger charge is 2.35. The number of aryl methyl sites for hydroxylation is 1. The molecule has 0 saturated carbocycles. The Balaban J connectivity index is 1.87. The molecule has 0 aliphatic carbocycles. The van der Waals surface area contributed by atoms with E-state index < -0.39 is 5.82 Å². The second kappa shape index (κ2) is 5.15. The fraction of sp³-hybridized carbons (Fsp3) is 0.188. The zero-order valence-electron chi connectivity index (χ0n) is 13.0. The minimum atomic E-state index is -0.420. The van der Waals surface area contributed by atoms with Crippen molar-refractivity contribution in [3.8, 4) is 11.3 Å². The largest absolute Gasteiger partial charge is 0.308 e. The van der Waals surface area contributed by atoms with Crippen LogP contribution in [0.4, 0.5) is 15.9 Å². The van der Waals surface area contributed by atoms with E-state index in [0.29, 0.717) is 34.1 Å². The van der Waals surface area contributed by atoms with Crippen LogP contribution in [0.5, 0.6) is 0 Å². The summed E-state index contributed by atoms with van der Waals surface area (Å²) in [6.07, 6.45) is 1.79. The highest BCUT2D eigenvalue weighted by molar-refractivity contribution is 9.10. The molecule has 0 amide bonds. The summed E-state index contributed by atoms with van der Waals surface area (Å²) in [5.41, 5.74) is 3.37. The van der Waals surface area contributed by atoms with E-state index in [1.54, 1.807) is 12.3 Å². The number of halogens is 3. The van der Waals surface area contributed by atoms with Gasteiger partial charge in [0.15, 0.2) is 0 Å². The van der Waals surface area contributed by atoms with E-state index in [2.05, 4.69) is 31.2 Å². The molecule has 9 heteroatoms. The number of hydrogen-bond acceptors (Lipinski definition) is 4. The lowest BCUT2D eigenvalue weighted by Gasteiger charge is -2.21. The van der Waals surface area contributed by atoms with Crippen molar-refractivity contribution in [3.63, 3.8) is 0 Å². The number of fused-ring (bicyclic) bond motifs is 2. The topological polar surface area (TPSA) is 62.1 Å². The third-order valence-electron chi connectivity index (χ3n) is 4.53. The summed E-state index contributed by atoms with van der Waals surface area (Å²) in [6.45, 7) is 3.21. The van der Waals surface area contributed by atoms with Gasteiger partial charge in [-0.25, -0.2) is 14.1 Å². The predicted molar refractivity (Wildman–Crippen MR) is 97.2 cm³/mol. The van der Waals surface area contributed by atoms with Crippen molar-refractivity contribution in [3.05, 3.63) is 44.9 Å². The summed E-state index contributed by atoms with van der Waals surface area (Å²) >= 11 is 9.80. The van der Waals surface area contributed by atoms with Crippen molar-refractivity contribution in [2.75, 3.05) is 11.4 Å². The van der Waals surface area contributed by atoms with Gasteiger partial charge in [0.2, 0.25) is 0 Å². The van der Waals surface area contributed by atoms with Crippen LogP contribution < -0.4 is 4.90 Å². The van der Waals surface area contributed by atoms with Crippen LogP contribution in [0.15, 0.2) is 27.8 Å². The van der Waals surface area contributed by atoms with Crippen LogP contribution in [0, 0.1) is 12.7 Å². The number of anilines is 1. The number of rotatable bonds is 1. The van der Waals surface area contributed by atoms with E-state index in [0.717, 1.165) is 22.8 Å². The van der Waals surface area contributed by atoms with Gasteiger partial charge in [-0.15, -0.1) is 0 Å². The monoisotopic (exact) mass is 420 g/mol. The average molecular weight is 422 g/mol. The predicted octanol–water partition coefficient (Wildman–Crippen LogP) is 4.05. The van der Waals surface area contributed by atoms with Gasteiger partial charge >= 0.3 is 0 Å². The summed E-state index contributed by atoms with van der Waals surface area (Å²) < 4.78 is 17.2. The third kappa shape index (κ3) is 1.98. The molecule has 0 saturated heterocycles. The van der Waals surface area contributed by atoms with Crippen LogP contribution in [-0.2, 0) is 6.54 Å². The van der Waals surface area contributed by atoms with Crippen molar-refractivity contribution < 1.29 is 4.39 Å². The van der Waals surface area contributed by atoms with E-state index in [1.807, 2.05) is 16.5 Å². The molecule has 2 aliphatic rings. The van der Waals surface area contributed by atoms with Gasteiger partial charge in [0.1, 0.15) is 23.2 Å². The number of H-pyrrole nitrogens is 1. The maximum atomic E-state index is 14.7. The Bertz CT molecular complexity index is 1070. The van der Waals surface area contributed by atoms with Crippen LogP contribution in [0.2, 0.25) is 5.02 Å². The van der Waals surface area contributed by atoms with Crippen molar-refractivity contribution in [2.24, 2.45) is 4.99 Å². The number of nitrogens with zero attached hydrogens (tertiary/aromatic N) is 5. The van der Waals surface area contributed by atoms with Gasteiger partial charge in [-0.05, 0) is 35.0 Å². The molecule has 6 nitrogen and oxygen atoms in total. The number of hydrogen-bond donors (Lipinski definition) is 1. The van der Waals surface area contributed by atoms with Crippen molar-refractivity contribution in [1.29, 1.82) is 0 Å². The summed E-state index contributed by atoms with van der Waals surface area (Å²) in [6, 6.07) is 2.97. The first-order chi connectivity index (χ1) is 12.1. The molecule has 0 atom stereocenters. The fourth-order valence-corrected chi connectivity index (χ4v) is 3.92. The summed E-state index contributed by atoms with van der Waals surface area (Å²) in [7, 11) is 0. The van der Waals surface area contributed by atoms with Gasteiger partial charge in [-0.2, -0.15) is 10.2 Å². The van der Waals surface area contributed by atoms with Crippen LogP contribution in [0.1, 0.15) is 11.3 Å². The van der Waals surface area contributed by atoms with Crippen molar-refractivity contribution in [2.45, 2.75) is 13.5 Å². The van der Waals surface area contributed by atoms with E-state index in [4.69, 9.17) is 16.6 Å². The lowest BCUT2D eigenvalue weighted by molar-refractivity contribution is 0.624. The summed E-state index contributed by atoms with van der Waals surface area (Å²) in [5.74, 6) is 0.917. The first-order valence-electron chi connectivity index (χ1n) is 7.67. The van der Waals surface area contributed by atoms with Gasteiger partial charge < -0.3 is 4.90 Å². The molecule has 0 spiro atoms. The van der Waals surface area contributed by atoms with Crippen molar-refractivity contribution in [1.82, 2.24) is 20.0 Å². The molecule has 0 fully saturated rings. The molecule has 126 valence electrons. The van der Waals surface area contributed by atoms with Gasteiger partial charge in [0.25, 0.3) is 0 Å². The first-order valence-corrected chi connectivity index (χ1v) is 8.84. The quantitative estimate of drug-likeness (QED) is 0.603. The SMILES string of the molecule is Cc1n[nH]c2c1N=C(c1c(F)ccc(Br)c1Cl)N1CCn3ncc-2c31. The van der Waals surface area contributed by atoms with Gasteiger partial charge in [-0.1, -0.05) is 11.6 Å². The standard InChI is InChI=1S/C16H11BrClFN6/c1-7-13-14(23-22-7)8-6-20-25-5-4-24(16(8)25)15(21-13)11-10(19)3-2-9(17)12(11)18/h2-3,6H,4-5H2,1H3,(H,22,23). The first kappa shape index (κ1) is 15.1. The Morgan fingerprint density at radius 2 is 2.16 bits per heavy atom. The molecule has 4 heterocycles. The number of aromatic nitrogens is 4. The number of nitrogens with one attached hydrogen (secondary N) is 1. The number of aromatic amines is 1. The Labute approximate surface area is 155 Å². The van der Waals surface area contributed by atoms with Crippen LogP contribution in [0.25, 0.3) is 11.3 Å². The second-order valence-corrected chi connectivity index (χ2v) is 7.18. The second-order valence-electron chi connectivity index (χ2n) is 5.94. The zero-order valence-corrected chi connectivity index (χ0v) is 15.4. The van der Waals surface area contributed by atoms with Crippen LogP contribution in [0.3, 0.4) is 0 Å². The summed E-state index contributed by atoms with van der Waals surface area (Å²) in [5, 5.41) is 12.0. The molecule has 3 aromatic rings. The van der Waals surface area contributed by atoms with E-state index in [1.165, 1.54) is 6.07 Å². The van der Waals surface area contributed by atoms with Gasteiger partial charge in [0.05, 0.1) is 40.3 Å². The minimum absolute atomic E-state index is 0.269. The molecule has 0 radical (unpaired) electrons. The smallest absolute Gasteiger partial charge is 0.146 e. The molecule has 1 aromatic carbocycles. The zero-order chi connectivity index (χ0) is 17.3. The number of amidine groups is 1. The Morgan fingerprint density at radius 3 is 3.00 bits per heavy atom. The summed E-state index contributed by atoms with van der Waals surface area (Å²) in [4.78, 5) is 6.73. The molecule has 2 aliphatic heterocycles. The normalized spacial score (nSPS) is 15.0. The molecular formula is C16H11BrClFN6. The molecule has 2 aromatic heterocycles. The fourth-order valence-electron chi connectivity index (χ4n) is 3.35. The molecule has 1 N–H and O–H groups in total. The Kier molecular flexibility index (Phi) is 3.11. The lowest BCUT2D eigenvalue weighted by atomic mass is 10.1. The minimum Gasteiger partial charge on any atom is -0.308 e. The number of benzene rings is 1. The molecule has 0 bridgehead atoms. The van der Waals surface area contributed by atoms with Gasteiger partial charge in [-0.3, -0.25) is 5.10 Å². The van der Waals surface area contributed by atoms with Crippen molar-refractivity contribution >= 4 is 44.9 Å². The maximum Gasteiger partial charge on any atom is 0.146 e. The van der Waals surface area contributed by atoms with E-state index in [-0.39, 0.29) is 5.56 Å². The maximum absolute atomic E-state index is 14.7. The lowest BCUT2D eigenvalue weighted by Crippen LogP contribution is -2.30. The highest BCUT2D eigenvalue weighted by atomic mass is 79.9. The van der Waals surface area contributed by atoms with Crippen LogP contribution >= 0.6 is 27.5 Å². The average Bonchev–Trinajstić information content (AvgIpc) is 3.24. The Morgan fingerprint density at radius 1 is 1.32 bits per heavy atom. The van der Waals surface area contributed by atoms with E-state index >= 15 is 0 Å². The highest BCUT2D eigenvalue weighted by Crippen LogP contribution is 2.44. The van der Waals surface area contributed by atoms with Crippen LogP contribution in [-0.4, -0.2) is 32.4 Å². The molecule has 5 rings (SSSR count). The number of aliphatic imine (C=N–C) groups is 1. The molecule has 0 unspecified atom stereocenters. The van der Waals surface area contributed by atoms with Gasteiger partial charge in [0, 0.05) is 11.0 Å². The molecular weight excluding hydrogens is 411 g/mol.